The van der Waals surface area contributed by atoms with Crippen LogP contribution in [-0.2, 0) is 4.79 Å². The van der Waals surface area contributed by atoms with Crippen LogP contribution in [0.25, 0.3) is 11.4 Å². The fourth-order valence-corrected chi connectivity index (χ4v) is 4.24. The van der Waals surface area contributed by atoms with E-state index in [9.17, 15) is 4.79 Å². The Morgan fingerprint density at radius 3 is 2.46 bits per heavy atom. The van der Waals surface area contributed by atoms with E-state index >= 15 is 0 Å². The normalized spacial score (nSPS) is 14.4. The number of carbonyl (C=O) groups excluding carboxylic acids is 1. The quantitative estimate of drug-likeness (QED) is 0.392. The van der Waals surface area contributed by atoms with Crippen LogP contribution >= 0.6 is 0 Å². The number of ether oxygens (including phenoxy) is 3. The molecule has 0 saturated carbocycles. The zero-order chi connectivity index (χ0) is 25.9. The average molecular weight is 500 g/mol. The number of aromatic nitrogens is 5. The lowest BCUT2D eigenvalue weighted by Gasteiger charge is -2.30. The Morgan fingerprint density at radius 1 is 1.00 bits per heavy atom. The van der Waals surface area contributed by atoms with Crippen LogP contribution in [0.15, 0.2) is 72.3 Å². The molecule has 3 aromatic heterocycles. The lowest BCUT2D eigenvalue weighted by molar-refractivity contribution is -0.113. The topological polar surface area (TPSA) is 125 Å². The summed E-state index contributed by atoms with van der Waals surface area (Å²) >= 11 is 0. The van der Waals surface area contributed by atoms with Crippen LogP contribution in [0.3, 0.4) is 0 Å². The summed E-state index contributed by atoms with van der Waals surface area (Å²) in [6.45, 7) is 1.81. The zero-order valence-corrected chi connectivity index (χ0v) is 20.7. The van der Waals surface area contributed by atoms with Gasteiger partial charge >= 0.3 is 0 Å². The number of amides is 1. The SMILES string of the molecule is COc1cc(OC)c(C2C(C(=O)Nc3ccccn3)=C(C)Nc3nc(-c4cccnc4)nn32)cc1OC. The van der Waals surface area contributed by atoms with Crippen LogP contribution in [0.4, 0.5) is 11.8 Å². The van der Waals surface area contributed by atoms with Gasteiger partial charge in [0.05, 0.1) is 26.9 Å². The summed E-state index contributed by atoms with van der Waals surface area (Å²) in [6, 6.07) is 11.8. The molecule has 11 nitrogen and oxygen atoms in total. The van der Waals surface area contributed by atoms with E-state index in [0.717, 1.165) is 5.56 Å². The van der Waals surface area contributed by atoms with Crippen LogP contribution in [0.5, 0.6) is 17.2 Å². The second-order valence-corrected chi connectivity index (χ2v) is 8.13. The van der Waals surface area contributed by atoms with Gasteiger partial charge in [0.25, 0.3) is 5.91 Å². The average Bonchev–Trinajstić information content (AvgIpc) is 3.36. The van der Waals surface area contributed by atoms with E-state index in [1.165, 1.54) is 0 Å². The number of nitrogens with one attached hydrogen (secondary N) is 2. The van der Waals surface area contributed by atoms with Crippen molar-refractivity contribution in [2.75, 3.05) is 32.0 Å². The molecule has 1 aliphatic rings. The molecule has 37 heavy (non-hydrogen) atoms. The molecule has 11 heteroatoms. The summed E-state index contributed by atoms with van der Waals surface area (Å²) in [4.78, 5) is 26.8. The van der Waals surface area contributed by atoms with Crippen molar-refractivity contribution in [2.24, 2.45) is 0 Å². The number of benzene rings is 1. The molecule has 0 bridgehead atoms. The van der Waals surface area contributed by atoms with Gasteiger partial charge in [0, 0.05) is 41.5 Å². The van der Waals surface area contributed by atoms with Crippen LogP contribution in [0.1, 0.15) is 18.5 Å². The first-order valence-electron chi connectivity index (χ1n) is 11.4. The third-order valence-electron chi connectivity index (χ3n) is 5.95. The number of hydrogen-bond acceptors (Lipinski definition) is 9. The van der Waals surface area contributed by atoms with E-state index < -0.39 is 6.04 Å². The molecular formula is C26H25N7O4. The fraction of sp³-hybridized carbons (Fsp3) is 0.192. The van der Waals surface area contributed by atoms with Crippen LogP contribution in [-0.4, -0.2) is 52.0 Å². The smallest absolute Gasteiger partial charge is 0.257 e. The van der Waals surface area contributed by atoms with Gasteiger partial charge in [-0.15, -0.1) is 5.10 Å². The Balaban J connectivity index is 1.69. The van der Waals surface area contributed by atoms with Gasteiger partial charge in [0.15, 0.2) is 17.3 Å². The summed E-state index contributed by atoms with van der Waals surface area (Å²) in [5.41, 5.74) is 2.39. The van der Waals surface area contributed by atoms with Crippen molar-refractivity contribution in [3.8, 4) is 28.6 Å². The Labute approximate surface area is 213 Å². The molecule has 5 rings (SSSR count). The molecule has 4 heterocycles. The van der Waals surface area contributed by atoms with E-state index in [0.29, 0.717) is 51.7 Å². The van der Waals surface area contributed by atoms with Crippen molar-refractivity contribution in [3.63, 3.8) is 0 Å². The minimum Gasteiger partial charge on any atom is -0.496 e. The molecule has 0 radical (unpaired) electrons. The number of allylic oxidation sites excluding steroid dienone is 1. The number of anilines is 2. The highest BCUT2D eigenvalue weighted by Crippen LogP contribution is 2.44. The summed E-state index contributed by atoms with van der Waals surface area (Å²) in [7, 11) is 4.65. The number of pyridine rings is 2. The van der Waals surface area contributed by atoms with Gasteiger partial charge in [-0.05, 0) is 37.3 Å². The van der Waals surface area contributed by atoms with Crippen LogP contribution in [0.2, 0.25) is 0 Å². The molecule has 1 aromatic carbocycles. The van der Waals surface area contributed by atoms with Crippen LogP contribution < -0.4 is 24.8 Å². The predicted octanol–water partition coefficient (Wildman–Crippen LogP) is 3.69. The highest BCUT2D eigenvalue weighted by atomic mass is 16.5. The number of methoxy groups -OCH3 is 3. The molecule has 2 N–H and O–H groups in total. The van der Waals surface area contributed by atoms with Crippen molar-refractivity contribution in [2.45, 2.75) is 13.0 Å². The number of fused-ring (bicyclic) bond motifs is 1. The third-order valence-corrected chi connectivity index (χ3v) is 5.95. The largest absolute Gasteiger partial charge is 0.496 e. The first-order valence-corrected chi connectivity index (χ1v) is 11.4. The van der Waals surface area contributed by atoms with Crippen LogP contribution in [0, 0.1) is 0 Å². The number of hydrogen-bond donors (Lipinski definition) is 2. The van der Waals surface area contributed by atoms with Gasteiger partial charge in [0.2, 0.25) is 5.95 Å². The molecule has 188 valence electrons. The van der Waals surface area contributed by atoms with Gasteiger partial charge in [-0.3, -0.25) is 9.78 Å². The first-order chi connectivity index (χ1) is 18.0. The minimum absolute atomic E-state index is 0.352. The molecule has 0 spiro atoms. The summed E-state index contributed by atoms with van der Waals surface area (Å²) in [6.07, 6.45) is 4.98. The predicted molar refractivity (Wildman–Crippen MR) is 137 cm³/mol. The molecule has 0 fully saturated rings. The van der Waals surface area contributed by atoms with E-state index in [1.807, 2.05) is 19.1 Å². The van der Waals surface area contributed by atoms with E-state index in [1.54, 1.807) is 74.9 Å². The van der Waals surface area contributed by atoms with Gasteiger partial charge < -0.3 is 24.8 Å². The Bertz CT molecular complexity index is 1470. The second-order valence-electron chi connectivity index (χ2n) is 8.13. The molecule has 1 atom stereocenters. The maximum atomic E-state index is 13.7. The Kier molecular flexibility index (Phi) is 6.42. The third kappa shape index (κ3) is 4.42. The molecule has 1 aliphatic heterocycles. The van der Waals surface area contributed by atoms with Gasteiger partial charge in [0.1, 0.15) is 17.6 Å². The summed E-state index contributed by atoms with van der Waals surface area (Å²) in [5.74, 6) is 2.46. The second kappa shape index (κ2) is 9.97. The van der Waals surface area contributed by atoms with Crippen molar-refractivity contribution in [3.05, 3.63) is 77.9 Å². The van der Waals surface area contributed by atoms with Crippen molar-refractivity contribution < 1.29 is 19.0 Å². The summed E-state index contributed by atoms with van der Waals surface area (Å²) in [5, 5.41) is 10.9. The molecule has 1 amide bonds. The fourth-order valence-electron chi connectivity index (χ4n) is 4.24. The highest BCUT2D eigenvalue weighted by molar-refractivity contribution is 6.05. The van der Waals surface area contributed by atoms with Crippen molar-refractivity contribution in [1.29, 1.82) is 0 Å². The van der Waals surface area contributed by atoms with Gasteiger partial charge in [-0.25, -0.2) is 9.67 Å². The number of rotatable bonds is 7. The van der Waals surface area contributed by atoms with E-state index in [4.69, 9.17) is 19.3 Å². The number of nitrogens with zero attached hydrogens (tertiary/aromatic N) is 5. The Hall–Kier alpha value is -4.93. The van der Waals surface area contributed by atoms with E-state index in [2.05, 4.69) is 25.6 Å². The minimum atomic E-state index is -0.715. The maximum absolute atomic E-state index is 13.7. The molecular weight excluding hydrogens is 474 g/mol. The Morgan fingerprint density at radius 2 is 1.78 bits per heavy atom. The van der Waals surface area contributed by atoms with E-state index in [-0.39, 0.29) is 5.91 Å². The monoisotopic (exact) mass is 499 g/mol. The standard InChI is InChI=1S/C26H25N7O4/c1-15-22(25(34)30-21-9-5-6-11-28-21)23(17-12-19(36-3)20(37-4)13-18(17)35-2)33-26(29-15)31-24(32-33)16-8-7-10-27-14-16/h5-14,23H,1-4H3,(H,28,30,34)(H,29,31,32). The van der Waals surface area contributed by atoms with Crippen molar-refractivity contribution in [1.82, 2.24) is 24.7 Å². The number of carbonyl (C=O) groups is 1. The van der Waals surface area contributed by atoms with Crippen molar-refractivity contribution >= 4 is 17.7 Å². The molecule has 0 saturated heterocycles. The molecule has 0 aliphatic carbocycles. The lowest BCUT2D eigenvalue weighted by atomic mass is 9.93. The van der Waals surface area contributed by atoms with Gasteiger partial charge in [-0.1, -0.05) is 6.07 Å². The zero-order valence-electron chi connectivity index (χ0n) is 20.7. The summed E-state index contributed by atoms with van der Waals surface area (Å²) < 4.78 is 18.4. The maximum Gasteiger partial charge on any atom is 0.257 e. The highest BCUT2D eigenvalue weighted by Gasteiger charge is 2.37. The molecule has 4 aromatic rings. The molecule has 1 unspecified atom stereocenters. The lowest BCUT2D eigenvalue weighted by Crippen LogP contribution is -2.32. The first kappa shape index (κ1) is 23.8. The van der Waals surface area contributed by atoms with Gasteiger partial charge in [-0.2, -0.15) is 4.98 Å².